The van der Waals surface area contributed by atoms with E-state index in [-0.39, 0.29) is 0 Å². The Hall–Kier alpha value is -0.820. The molecule has 0 aromatic carbocycles. The van der Waals surface area contributed by atoms with Gasteiger partial charge in [0.2, 0.25) is 0 Å². The van der Waals surface area contributed by atoms with Crippen LogP contribution in [0.1, 0.15) is 79.1 Å². The second kappa shape index (κ2) is 11.7. The van der Waals surface area contributed by atoms with Gasteiger partial charge >= 0.3 is 0 Å². The van der Waals surface area contributed by atoms with Gasteiger partial charge in [-0.05, 0) is 83.2 Å². The Bertz CT molecular complexity index is 439. The van der Waals surface area contributed by atoms with E-state index in [9.17, 15) is 0 Å². The molecule has 1 aliphatic rings. The highest BCUT2D eigenvalue weighted by Gasteiger charge is 2.26. The van der Waals surface area contributed by atoms with Crippen LogP contribution in [0, 0.1) is 17.8 Å². The van der Waals surface area contributed by atoms with Crippen molar-refractivity contribution in [2.45, 2.75) is 79.1 Å². The predicted molar refractivity (Wildman–Crippen MR) is 114 cm³/mol. The van der Waals surface area contributed by atoms with Crippen molar-refractivity contribution in [1.29, 1.82) is 0 Å². The number of hydrogen-bond donors (Lipinski definition) is 0. The van der Waals surface area contributed by atoms with E-state index < -0.39 is 0 Å². The fourth-order valence-corrected chi connectivity index (χ4v) is 4.13. The molecule has 144 valence electrons. The second-order valence-corrected chi connectivity index (χ2v) is 8.47. The molecule has 0 radical (unpaired) electrons. The fraction of sp³-hybridized carbons (Fsp3) is 0.750. The van der Waals surface area contributed by atoms with Gasteiger partial charge < -0.3 is 4.90 Å². The molecule has 0 spiro atoms. The van der Waals surface area contributed by atoms with Gasteiger partial charge in [0.1, 0.15) is 0 Å². The summed E-state index contributed by atoms with van der Waals surface area (Å²) in [5, 5.41) is 0. The van der Waals surface area contributed by atoms with E-state index in [1.165, 1.54) is 57.1 Å². The monoisotopic (exact) mass is 345 g/mol. The van der Waals surface area contributed by atoms with Crippen LogP contribution in [0.2, 0.25) is 0 Å². The van der Waals surface area contributed by atoms with Gasteiger partial charge in [0.15, 0.2) is 0 Å². The number of rotatable bonds is 13. The summed E-state index contributed by atoms with van der Waals surface area (Å²) in [6, 6.07) is 0. The smallest absolute Gasteiger partial charge is 0.0187 e. The lowest BCUT2D eigenvalue weighted by Crippen LogP contribution is -2.28. The van der Waals surface area contributed by atoms with Crippen LogP contribution in [0.5, 0.6) is 0 Å². The van der Waals surface area contributed by atoms with Gasteiger partial charge in [0.25, 0.3) is 0 Å². The third-order valence-electron chi connectivity index (χ3n) is 6.15. The van der Waals surface area contributed by atoms with Crippen molar-refractivity contribution < 1.29 is 0 Å². The minimum atomic E-state index is 0.716. The summed E-state index contributed by atoms with van der Waals surface area (Å²) in [6.45, 7) is 19.8. The molecular formula is C24H43N. The van der Waals surface area contributed by atoms with E-state index >= 15 is 0 Å². The van der Waals surface area contributed by atoms with E-state index in [1.54, 1.807) is 11.1 Å². The van der Waals surface area contributed by atoms with Crippen molar-refractivity contribution in [3.63, 3.8) is 0 Å². The zero-order chi connectivity index (χ0) is 18.8. The first-order chi connectivity index (χ1) is 11.9. The minimum Gasteiger partial charge on any atom is -0.302 e. The van der Waals surface area contributed by atoms with Crippen LogP contribution in [0.3, 0.4) is 0 Å². The molecule has 0 aromatic rings. The largest absolute Gasteiger partial charge is 0.302 e. The molecule has 0 N–H and O–H groups in total. The molecule has 1 rings (SSSR count). The summed E-state index contributed by atoms with van der Waals surface area (Å²) < 4.78 is 0. The topological polar surface area (TPSA) is 3.24 Å². The Morgan fingerprint density at radius 1 is 1.20 bits per heavy atom. The van der Waals surface area contributed by atoms with Crippen molar-refractivity contribution in [3.05, 3.63) is 36.0 Å². The molecule has 1 fully saturated rings. The predicted octanol–water partition coefficient (Wildman–Crippen LogP) is 7.02. The third-order valence-corrected chi connectivity index (χ3v) is 6.15. The Balaban J connectivity index is 2.34. The molecule has 1 nitrogen and oxygen atoms in total. The molecule has 1 unspecified atom stereocenters. The molecule has 1 atom stereocenters. The van der Waals surface area contributed by atoms with Crippen molar-refractivity contribution in [2.75, 3.05) is 20.1 Å². The van der Waals surface area contributed by atoms with Crippen molar-refractivity contribution in [1.82, 2.24) is 4.90 Å². The summed E-state index contributed by atoms with van der Waals surface area (Å²) in [4.78, 5) is 2.47. The van der Waals surface area contributed by atoms with E-state index in [4.69, 9.17) is 0 Å². The maximum absolute atomic E-state index is 4.37. The van der Waals surface area contributed by atoms with Crippen LogP contribution in [0.15, 0.2) is 36.0 Å². The van der Waals surface area contributed by atoms with E-state index in [1.807, 2.05) is 0 Å². The van der Waals surface area contributed by atoms with Crippen LogP contribution >= 0.6 is 0 Å². The average molecular weight is 346 g/mol. The van der Waals surface area contributed by atoms with Crippen molar-refractivity contribution in [3.8, 4) is 0 Å². The van der Waals surface area contributed by atoms with E-state index in [0.29, 0.717) is 5.92 Å². The first-order valence-electron chi connectivity index (χ1n) is 10.6. The van der Waals surface area contributed by atoms with Crippen LogP contribution in [0.4, 0.5) is 0 Å². The van der Waals surface area contributed by atoms with Gasteiger partial charge in [0.05, 0.1) is 0 Å². The van der Waals surface area contributed by atoms with Crippen LogP contribution in [0.25, 0.3) is 0 Å². The van der Waals surface area contributed by atoms with Crippen molar-refractivity contribution >= 4 is 0 Å². The highest BCUT2D eigenvalue weighted by Crippen LogP contribution is 2.36. The summed E-state index contributed by atoms with van der Waals surface area (Å²) in [7, 11) is 2.25. The van der Waals surface area contributed by atoms with Crippen LogP contribution in [-0.2, 0) is 0 Å². The average Bonchev–Trinajstić information content (AvgIpc) is 2.53. The van der Waals surface area contributed by atoms with E-state index in [2.05, 4.69) is 58.9 Å². The molecule has 0 amide bonds. The Labute approximate surface area is 158 Å². The number of allylic oxidation sites excluding steroid dienone is 3. The zero-order valence-corrected chi connectivity index (χ0v) is 17.7. The molecule has 1 heteroatoms. The van der Waals surface area contributed by atoms with Gasteiger partial charge in [-0.15, -0.1) is 6.58 Å². The van der Waals surface area contributed by atoms with Gasteiger partial charge in [-0.2, -0.15) is 0 Å². The van der Waals surface area contributed by atoms with Gasteiger partial charge in [-0.1, -0.05) is 56.6 Å². The lowest BCUT2D eigenvalue weighted by Gasteiger charge is -2.34. The summed E-state index contributed by atoms with van der Waals surface area (Å²) in [5.41, 5.74) is 4.71. The molecule has 0 saturated heterocycles. The normalized spacial score (nSPS) is 22.3. The first-order valence-corrected chi connectivity index (χ1v) is 10.6. The number of hydrogen-bond acceptors (Lipinski definition) is 1. The van der Waals surface area contributed by atoms with Gasteiger partial charge in [-0.25, -0.2) is 0 Å². The number of likely N-dealkylation sites (N-methyl/N-ethyl adjacent to an activating group) is 1. The van der Waals surface area contributed by atoms with E-state index in [0.717, 1.165) is 24.8 Å². The molecule has 0 bridgehead atoms. The highest BCUT2D eigenvalue weighted by molar-refractivity contribution is 5.17. The Morgan fingerprint density at radius 3 is 2.44 bits per heavy atom. The molecule has 0 aromatic heterocycles. The molecule has 0 aliphatic heterocycles. The summed E-state index contributed by atoms with van der Waals surface area (Å²) in [5.74, 6) is 2.44. The molecule has 1 saturated carbocycles. The Kier molecular flexibility index (Phi) is 10.4. The SMILES string of the molecule is C=CC1CC(CCN(C)CC(=C)CC/C(=C(\C)CCC)C(C)CC)C1. The number of nitrogens with zero attached hydrogens (tertiary/aromatic N) is 1. The highest BCUT2D eigenvalue weighted by atomic mass is 15.1. The van der Waals surface area contributed by atoms with Gasteiger partial charge in [0, 0.05) is 6.54 Å². The minimum absolute atomic E-state index is 0.716. The maximum Gasteiger partial charge on any atom is 0.0187 e. The van der Waals surface area contributed by atoms with Gasteiger partial charge in [-0.3, -0.25) is 0 Å². The second-order valence-electron chi connectivity index (χ2n) is 8.47. The first kappa shape index (κ1) is 22.2. The summed E-state index contributed by atoms with van der Waals surface area (Å²) in [6.07, 6.45) is 12.3. The van der Waals surface area contributed by atoms with Crippen molar-refractivity contribution in [2.24, 2.45) is 17.8 Å². The zero-order valence-electron chi connectivity index (χ0n) is 17.7. The Morgan fingerprint density at radius 2 is 1.88 bits per heavy atom. The fourth-order valence-electron chi connectivity index (χ4n) is 4.13. The standard InChI is InChI=1S/C24H43N/c1-8-11-21(6)24(20(5)9-2)13-12-19(4)18-25(7)15-14-23-16-22(10-3)17-23/h10,20,22-23H,3-4,8-9,11-18H2,1-2,5-7H3/b24-21-. The van der Waals surface area contributed by atoms with Crippen LogP contribution in [-0.4, -0.2) is 25.0 Å². The molecular weight excluding hydrogens is 302 g/mol. The molecule has 0 heterocycles. The maximum atomic E-state index is 4.37. The van der Waals surface area contributed by atoms with Crippen LogP contribution < -0.4 is 0 Å². The summed E-state index contributed by atoms with van der Waals surface area (Å²) >= 11 is 0. The lowest BCUT2D eigenvalue weighted by molar-refractivity contribution is 0.199. The third kappa shape index (κ3) is 7.94. The molecule has 25 heavy (non-hydrogen) atoms. The molecule has 1 aliphatic carbocycles. The lowest BCUT2D eigenvalue weighted by atomic mass is 9.73. The quantitative estimate of drug-likeness (QED) is 0.324.